The van der Waals surface area contributed by atoms with Crippen LogP contribution in [-0.2, 0) is 16.1 Å². The van der Waals surface area contributed by atoms with Crippen LogP contribution >= 0.6 is 0 Å². The molecular weight excluding hydrogens is 482 g/mol. The van der Waals surface area contributed by atoms with Crippen LogP contribution in [0.15, 0.2) is 110 Å². The standard InChI is InChI=1S/C9H10.C8H17NO.C8H10O.C7H8O.C3H6/c1-2-6-9-7-4-3-5-8-9;1-10-8-7-9-5-3-2-4-6-9;1-9-7-8-5-3-2-4-6-8;1-8-7-5-3-2-4-6-7;1-3-2/h2-8H,1H3;2-8H2,1H3;2-6H,7H2,1H3;2-6H,1H3;3H,1H2,2H3. The summed E-state index contributed by atoms with van der Waals surface area (Å²) >= 11 is 0. The lowest BCUT2D eigenvalue weighted by Gasteiger charge is -2.25. The highest BCUT2D eigenvalue weighted by Crippen LogP contribution is 2.07. The molecule has 39 heavy (non-hydrogen) atoms. The summed E-state index contributed by atoms with van der Waals surface area (Å²) in [7, 11) is 5.13. The van der Waals surface area contributed by atoms with E-state index in [4.69, 9.17) is 14.2 Å². The molecule has 0 atom stereocenters. The second-order valence-electron chi connectivity index (χ2n) is 8.65. The van der Waals surface area contributed by atoms with Crippen molar-refractivity contribution in [2.75, 3.05) is 47.6 Å². The molecule has 4 nitrogen and oxygen atoms in total. The molecule has 1 fully saturated rings. The Labute approximate surface area is 238 Å². The minimum Gasteiger partial charge on any atom is -0.497 e. The first-order chi connectivity index (χ1) is 19.1. The van der Waals surface area contributed by atoms with Crippen LogP contribution < -0.4 is 4.74 Å². The lowest BCUT2D eigenvalue weighted by atomic mass is 10.1. The molecule has 3 aromatic rings. The second-order valence-corrected chi connectivity index (χ2v) is 8.65. The Balaban J connectivity index is 0.000000478. The van der Waals surface area contributed by atoms with Gasteiger partial charge in [0.15, 0.2) is 0 Å². The molecule has 3 aromatic carbocycles. The van der Waals surface area contributed by atoms with E-state index in [1.165, 1.54) is 43.5 Å². The molecule has 0 amide bonds. The Bertz CT molecular complexity index is 908. The van der Waals surface area contributed by atoms with Gasteiger partial charge in [0.25, 0.3) is 0 Å². The van der Waals surface area contributed by atoms with E-state index in [1.807, 2.05) is 98.8 Å². The molecular formula is C35H51NO3. The molecule has 4 heteroatoms. The molecule has 0 N–H and O–H groups in total. The number of hydrogen-bond acceptors (Lipinski definition) is 4. The van der Waals surface area contributed by atoms with Crippen molar-refractivity contribution in [1.29, 1.82) is 0 Å². The largest absolute Gasteiger partial charge is 0.497 e. The van der Waals surface area contributed by atoms with E-state index in [2.05, 4.69) is 29.7 Å². The van der Waals surface area contributed by atoms with Crippen LogP contribution in [0.1, 0.15) is 44.2 Å². The first-order valence-corrected chi connectivity index (χ1v) is 13.7. The van der Waals surface area contributed by atoms with Gasteiger partial charge < -0.3 is 19.1 Å². The number of hydrogen-bond donors (Lipinski definition) is 0. The van der Waals surface area contributed by atoms with E-state index in [0.29, 0.717) is 6.61 Å². The van der Waals surface area contributed by atoms with E-state index in [0.717, 1.165) is 18.9 Å². The molecule has 1 aliphatic rings. The zero-order chi connectivity index (χ0) is 28.8. The average Bonchev–Trinajstić information content (AvgIpc) is 3.00. The van der Waals surface area contributed by atoms with Gasteiger partial charge in [-0.15, -0.1) is 6.58 Å². The summed E-state index contributed by atoms with van der Waals surface area (Å²) in [6, 6.07) is 30.0. The summed E-state index contributed by atoms with van der Waals surface area (Å²) in [5, 5.41) is 0. The van der Waals surface area contributed by atoms with Gasteiger partial charge in [0.1, 0.15) is 5.75 Å². The number of nitrogens with zero attached hydrogens (tertiary/aromatic N) is 1. The van der Waals surface area contributed by atoms with Crippen molar-refractivity contribution in [2.45, 2.75) is 39.7 Å². The number of allylic oxidation sites excluding steroid dienone is 2. The first-order valence-electron chi connectivity index (χ1n) is 13.7. The predicted molar refractivity (Wildman–Crippen MR) is 169 cm³/mol. The Morgan fingerprint density at radius 2 is 1.23 bits per heavy atom. The van der Waals surface area contributed by atoms with Crippen molar-refractivity contribution in [3.05, 3.63) is 121 Å². The quantitative estimate of drug-likeness (QED) is 0.285. The van der Waals surface area contributed by atoms with Crippen LogP contribution in [0.4, 0.5) is 0 Å². The third-order valence-corrected chi connectivity index (χ3v) is 5.35. The SMILES string of the molecule is C=CC.CC=Cc1ccccc1.COCCN1CCCCC1.COCc1ccccc1.COc1ccccc1. The highest BCUT2D eigenvalue weighted by atomic mass is 16.5. The topological polar surface area (TPSA) is 30.9 Å². The highest BCUT2D eigenvalue weighted by Gasteiger charge is 2.08. The third kappa shape index (κ3) is 22.5. The van der Waals surface area contributed by atoms with Crippen molar-refractivity contribution < 1.29 is 14.2 Å². The Morgan fingerprint density at radius 3 is 1.67 bits per heavy atom. The van der Waals surface area contributed by atoms with Crippen LogP contribution in [0.5, 0.6) is 5.75 Å². The summed E-state index contributed by atoms with van der Waals surface area (Å²) in [5.74, 6) is 0.910. The third-order valence-electron chi connectivity index (χ3n) is 5.35. The highest BCUT2D eigenvalue weighted by molar-refractivity contribution is 5.47. The number of likely N-dealkylation sites (tertiary alicyclic amines) is 1. The van der Waals surface area contributed by atoms with Crippen molar-refractivity contribution >= 4 is 6.08 Å². The molecule has 0 radical (unpaired) electrons. The normalized spacial score (nSPS) is 12.1. The van der Waals surface area contributed by atoms with Crippen molar-refractivity contribution in [3.8, 4) is 5.75 Å². The maximum Gasteiger partial charge on any atom is 0.118 e. The number of methoxy groups -OCH3 is 3. The molecule has 0 spiro atoms. The van der Waals surface area contributed by atoms with Gasteiger partial charge in [-0.3, -0.25) is 0 Å². The molecule has 1 aliphatic heterocycles. The molecule has 4 rings (SSSR count). The van der Waals surface area contributed by atoms with Crippen molar-refractivity contribution in [2.24, 2.45) is 0 Å². The molecule has 0 aliphatic carbocycles. The van der Waals surface area contributed by atoms with E-state index >= 15 is 0 Å². The van der Waals surface area contributed by atoms with E-state index in [-0.39, 0.29) is 0 Å². The van der Waals surface area contributed by atoms with Crippen molar-refractivity contribution in [3.63, 3.8) is 0 Å². The van der Waals surface area contributed by atoms with Gasteiger partial charge in [-0.1, -0.05) is 104 Å². The molecule has 0 bridgehead atoms. The van der Waals surface area contributed by atoms with Gasteiger partial charge in [0.2, 0.25) is 0 Å². The molecule has 0 aromatic heterocycles. The van der Waals surface area contributed by atoms with Crippen LogP contribution in [-0.4, -0.2) is 52.5 Å². The summed E-state index contributed by atoms with van der Waals surface area (Å²) in [6.45, 7) is 12.6. The molecule has 1 heterocycles. The molecule has 1 saturated heterocycles. The summed E-state index contributed by atoms with van der Waals surface area (Å²) in [5.41, 5.74) is 2.49. The smallest absolute Gasteiger partial charge is 0.118 e. The lowest BCUT2D eigenvalue weighted by Crippen LogP contribution is -2.32. The monoisotopic (exact) mass is 533 g/mol. The number of rotatable bonds is 7. The molecule has 0 saturated carbocycles. The Kier molecular flexibility index (Phi) is 25.6. The second kappa shape index (κ2) is 27.8. The zero-order valence-corrected chi connectivity index (χ0v) is 24.9. The molecule has 0 unspecified atom stereocenters. The zero-order valence-electron chi connectivity index (χ0n) is 24.9. The fourth-order valence-electron chi connectivity index (χ4n) is 3.46. The van der Waals surface area contributed by atoms with Gasteiger partial charge in [-0.25, -0.2) is 0 Å². The Morgan fingerprint density at radius 1 is 0.718 bits per heavy atom. The molecule has 214 valence electrons. The van der Waals surface area contributed by atoms with Crippen LogP contribution in [0.25, 0.3) is 6.08 Å². The summed E-state index contributed by atoms with van der Waals surface area (Å²) in [4.78, 5) is 2.48. The van der Waals surface area contributed by atoms with Crippen LogP contribution in [0.2, 0.25) is 0 Å². The first kappa shape index (κ1) is 35.8. The minimum atomic E-state index is 0.709. The van der Waals surface area contributed by atoms with Crippen LogP contribution in [0.3, 0.4) is 0 Å². The van der Waals surface area contributed by atoms with Crippen LogP contribution in [0, 0.1) is 0 Å². The maximum absolute atomic E-state index is 5.00. The van der Waals surface area contributed by atoms with Gasteiger partial charge in [0.05, 0.1) is 20.3 Å². The van der Waals surface area contributed by atoms with Gasteiger partial charge in [0, 0.05) is 20.8 Å². The fraction of sp³-hybridized carbons (Fsp3) is 0.371. The minimum absolute atomic E-state index is 0.709. The summed E-state index contributed by atoms with van der Waals surface area (Å²) < 4.78 is 14.8. The number of benzene rings is 3. The van der Waals surface area contributed by atoms with E-state index < -0.39 is 0 Å². The maximum atomic E-state index is 5.00. The van der Waals surface area contributed by atoms with Gasteiger partial charge >= 0.3 is 0 Å². The summed E-state index contributed by atoms with van der Waals surface area (Å²) in [6.07, 6.45) is 10.0. The fourth-order valence-corrected chi connectivity index (χ4v) is 3.46. The van der Waals surface area contributed by atoms with Gasteiger partial charge in [-0.05, 0) is 63.0 Å². The van der Waals surface area contributed by atoms with Crippen molar-refractivity contribution in [1.82, 2.24) is 4.90 Å². The van der Waals surface area contributed by atoms with E-state index in [9.17, 15) is 0 Å². The number of para-hydroxylation sites is 1. The predicted octanol–water partition coefficient (Wildman–Crippen LogP) is 8.56. The number of piperidine rings is 1. The lowest BCUT2D eigenvalue weighted by molar-refractivity contribution is 0.135. The van der Waals surface area contributed by atoms with Gasteiger partial charge in [-0.2, -0.15) is 0 Å². The average molecular weight is 534 g/mol. The Hall–Kier alpha value is -3.18. The van der Waals surface area contributed by atoms with E-state index in [1.54, 1.807) is 27.4 Å². The number of ether oxygens (including phenoxy) is 3.